The van der Waals surface area contributed by atoms with Crippen LogP contribution >= 0.6 is 38.6 Å². The lowest BCUT2D eigenvalue weighted by Crippen LogP contribution is -2.28. The van der Waals surface area contributed by atoms with Crippen LogP contribution in [0.2, 0.25) is 0 Å². The summed E-state index contributed by atoms with van der Waals surface area (Å²) in [6.07, 6.45) is 1.72. The first kappa shape index (κ1) is 22.1. The average Bonchev–Trinajstić information content (AvgIpc) is 3.35. The summed E-state index contributed by atoms with van der Waals surface area (Å²) in [5, 5.41) is 5.14. The molecule has 0 aliphatic carbocycles. The highest BCUT2D eigenvalue weighted by molar-refractivity contribution is 9.11. The third kappa shape index (κ3) is 5.32. The van der Waals surface area contributed by atoms with E-state index in [4.69, 9.17) is 0 Å². The second-order valence-electron chi connectivity index (χ2n) is 6.30. The highest BCUT2D eigenvalue weighted by atomic mass is 79.9. The number of hydrogen-bond acceptors (Lipinski definition) is 6. The second-order valence-corrected chi connectivity index (χ2v) is 11.7. The van der Waals surface area contributed by atoms with Gasteiger partial charge in [-0.1, -0.05) is 13.3 Å². The molecule has 2 heterocycles. The van der Waals surface area contributed by atoms with Crippen LogP contribution in [0, 0.1) is 0 Å². The van der Waals surface area contributed by atoms with Gasteiger partial charge in [-0.3, -0.25) is 10.1 Å². The quantitative estimate of drug-likeness (QED) is 0.442. The van der Waals surface area contributed by atoms with Gasteiger partial charge in [-0.2, -0.15) is 0 Å². The molecule has 0 radical (unpaired) electrons. The molecule has 0 atom stereocenters. The molecule has 0 saturated carbocycles. The van der Waals surface area contributed by atoms with E-state index in [1.165, 1.54) is 39.9 Å². The van der Waals surface area contributed by atoms with Gasteiger partial charge >= 0.3 is 0 Å². The average molecular weight is 514 g/mol. The van der Waals surface area contributed by atoms with Crippen molar-refractivity contribution in [3.05, 3.63) is 51.1 Å². The highest BCUT2D eigenvalue weighted by Gasteiger charge is 2.20. The molecule has 0 aliphatic rings. The van der Waals surface area contributed by atoms with Crippen LogP contribution in [0.15, 0.2) is 50.5 Å². The van der Waals surface area contributed by atoms with Gasteiger partial charge in [-0.25, -0.2) is 17.7 Å². The number of nitrogens with one attached hydrogen (secondary N) is 1. The number of benzene rings is 1. The lowest BCUT2D eigenvalue weighted by Gasteiger charge is -2.16. The summed E-state index contributed by atoms with van der Waals surface area (Å²) in [6, 6.07) is 9.87. The maximum atomic E-state index is 12.6. The topological polar surface area (TPSA) is 79.4 Å². The molecule has 0 unspecified atom stereocenters. The third-order valence-corrected chi connectivity index (χ3v) is 8.48. The molecule has 0 bridgehead atoms. The smallest absolute Gasteiger partial charge is 0.257 e. The van der Waals surface area contributed by atoms with E-state index < -0.39 is 10.0 Å². The van der Waals surface area contributed by atoms with Crippen molar-refractivity contribution in [2.24, 2.45) is 0 Å². The molecule has 1 amide bonds. The Labute approximate surface area is 186 Å². The molecule has 1 N–H and O–H groups in total. The predicted octanol–water partition coefficient (Wildman–Crippen LogP) is 5.31. The van der Waals surface area contributed by atoms with Gasteiger partial charge in [-0.05, 0) is 58.7 Å². The number of nitrogens with zero attached hydrogens (tertiary/aromatic N) is 2. The summed E-state index contributed by atoms with van der Waals surface area (Å²) >= 11 is 6.34. The number of anilines is 1. The normalized spacial score (nSPS) is 11.7. The van der Waals surface area contributed by atoms with Gasteiger partial charge in [0.15, 0.2) is 5.13 Å². The number of carbonyl (C=O) groups is 1. The Morgan fingerprint density at radius 2 is 1.93 bits per heavy atom. The van der Waals surface area contributed by atoms with E-state index >= 15 is 0 Å². The molecule has 1 aromatic carbocycles. The van der Waals surface area contributed by atoms with Crippen LogP contribution < -0.4 is 5.32 Å². The van der Waals surface area contributed by atoms with Crippen LogP contribution in [-0.4, -0.2) is 37.2 Å². The fourth-order valence-corrected chi connectivity index (χ4v) is 5.86. The summed E-state index contributed by atoms with van der Waals surface area (Å²) in [7, 11) is -1.98. The van der Waals surface area contributed by atoms with Crippen LogP contribution in [0.5, 0.6) is 0 Å². The van der Waals surface area contributed by atoms with E-state index in [2.05, 4.69) is 26.2 Å². The number of unbranched alkanes of at least 4 members (excludes halogenated alkanes) is 1. The highest BCUT2D eigenvalue weighted by Crippen LogP contribution is 2.33. The number of hydrogen-bond donors (Lipinski definition) is 1. The SMILES string of the molecule is CCCCN(C)S(=O)(=O)c1ccc(C(=O)Nc2nc(-c3ccc(Br)s3)cs2)cc1. The van der Waals surface area contributed by atoms with Gasteiger partial charge in [0.2, 0.25) is 10.0 Å². The minimum Gasteiger partial charge on any atom is -0.298 e. The molecule has 154 valence electrons. The first-order valence-electron chi connectivity index (χ1n) is 8.90. The molecule has 3 aromatic rings. The minimum atomic E-state index is -3.55. The molecular weight excluding hydrogens is 494 g/mol. The molecule has 0 saturated heterocycles. The number of sulfonamides is 1. The Kier molecular flexibility index (Phi) is 7.23. The van der Waals surface area contributed by atoms with Gasteiger partial charge in [0, 0.05) is 24.5 Å². The van der Waals surface area contributed by atoms with Crippen LogP contribution in [-0.2, 0) is 10.0 Å². The van der Waals surface area contributed by atoms with Crippen molar-refractivity contribution in [3.8, 4) is 10.6 Å². The van der Waals surface area contributed by atoms with Crippen molar-refractivity contribution < 1.29 is 13.2 Å². The summed E-state index contributed by atoms with van der Waals surface area (Å²) in [4.78, 5) is 18.1. The van der Waals surface area contributed by atoms with E-state index in [1.54, 1.807) is 18.4 Å². The minimum absolute atomic E-state index is 0.174. The number of amides is 1. The zero-order valence-corrected chi connectivity index (χ0v) is 19.9. The number of rotatable bonds is 8. The number of carbonyl (C=O) groups excluding carboxylic acids is 1. The largest absolute Gasteiger partial charge is 0.298 e. The van der Waals surface area contributed by atoms with E-state index in [0.717, 1.165) is 27.2 Å². The lowest BCUT2D eigenvalue weighted by molar-refractivity contribution is 0.102. The fourth-order valence-electron chi connectivity index (χ4n) is 2.52. The Morgan fingerprint density at radius 3 is 2.55 bits per heavy atom. The molecule has 0 aliphatic heterocycles. The maximum Gasteiger partial charge on any atom is 0.257 e. The van der Waals surface area contributed by atoms with Gasteiger partial charge in [-0.15, -0.1) is 22.7 Å². The van der Waals surface area contributed by atoms with Gasteiger partial charge < -0.3 is 0 Å². The Morgan fingerprint density at radius 1 is 1.21 bits per heavy atom. The van der Waals surface area contributed by atoms with Crippen LogP contribution in [0.25, 0.3) is 10.6 Å². The Balaban J connectivity index is 1.69. The third-order valence-electron chi connectivity index (χ3n) is 4.20. The monoisotopic (exact) mass is 513 g/mol. The van der Waals surface area contributed by atoms with E-state index in [1.807, 2.05) is 24.4 Å². The molecule has 0 spiro atoms. The Bertz CT molecular complexity index is 1090. The van der Waals surface area contributed by atoms with Crippen molar-refractivity contribution in [2.45, 2.75) is 24.7 Å². The van der Waals surface area contributed by atoms with Crippen molar-refractivity contribution in [3.63, 3.8) is 0 Å². The van der Waals surface area contributed by atoms with Crippen molar-refractivity contribution in [2.75, 3.05) is 18.9 Å². The summed E-state index contributed by atoms with van der Waals surface area (Å²) in [6.45, 7) is 2.48. The predicted molar refractivity (Wildman–Crippen MR) is 122 cm³/mol. The first-order valence-corrected chi connectivity index (χ1v) is 12.8. The fraction of sp³-hybridized carbons (Fsp3) is 0.263. The van der Waals surface area contributed by atoms with Gasteiger partial charge in [0.05, 0.1) is 19.3 Å². The standard InChI is InChI=1S/C19H20BrN3O3S3/c1-3-4-11-23(2)29(25,26)14-7-5-13(6-8-14)18(24)22-19-21-15(12-27-19)16-9-10-17(20)28-16/h5-10,12H,3-4,11H2,1-2H3,(H,21,22,24). The first-order chi connectivity index (χ1) is 13.8. The van der Waals surface area contributed by atoms with Crippen molar-refractivity contribution in [1.82, 2.24) is 9.29 Å². The van der Waals surface area contributed by atoms with Gasteiger partial charge in [0.1, 0.15) is 0 Å². The van der Waals surface area contributed by atoms with Crippen molar-refractivity contribution in [1.29, 1.82) is 0 Å². The van der Waals surface area contributed by atoms with Crippen LogP contribution in [0.3, 0.4) is 0 Å². The number of thiophene rings is 1. The van der Waals surface area contributed by atoms with Gasteiger partial charge in [0.25, 0.3) is 5.91 Å². The zero-order chi connectivity index (χ0) is 21.0. The number of halogens is 1. The molecule has 3 rings (SSSR count). The van der Waals surface area contributed by atoms with E-state index in [-0.39, 0.29) is 10.8 Å². The van der Waals surface area contributed by atoms with E-state index in [9.17, 15) is 13.2 Å². The molecule has 6 nitrogen and oxygen atoms in total. The molecular formula is C19H20BrN3O3S3. The molecule has 0 fully saturated rings. The van der Waals surface area contributed by atoms with Crippen LogP contribution in [0.4, 0.5) is 5.13 Å². The Hall–Kier alpha value is -1.59. The maximum absolute atomic E-state index is 12.6. The van der Waals surface area contributed by atoms with Crippen LogP contribution in [0.1, 0.15) is 30.1 Å². The van der Waals surface area contributed by atoms with E-state index in [0.29, 0.717) is 17.2 Å². The summed E-state index contributed by atoms with van der Waals surface area (Å²) < 4.78 is 27.5. The zero-order valence-electron chi connectivity index (χ0n) is 15.9. The second kappa shape index (κ2) is 9.48. The molecule has 10 heteroatoms. The molecule has 2 aromatic heterocycles. The van der Waals surface area contributed by atoms with Crippen molar-refractivity contribution >= 4 is 59.7 Å². The summed E-state index contributed by atoms with van der Waals surface area (Å²) in [5.41, 5.74) is 1.17. The summed E-state index contributed by atoms with van der Waals surface area (Å²) in [5.74, 6) is -0.332. The number of aromatic nitrogens is 1. The number of thiazole rings is 1. The lowest BCUT2D eigenvalue weighted by atomic mass is 10.2. The molecule has 29 heavy (non-hydrogen) atoms.